The lowest BCUT2D eigenvalue weighted by molar-refractivity contribution is -0.144. The van der Waals surface area contributed by atoms with E-state index in [1.807, 2.05) is 6.07 Å². The summed E-state index contributed by atoms with van der Waals surface area (Å²) in [5, 5.41) is 0. The van der Waals surface area contributed by atoms with Crippen LogP contribution in [0.2, 0.25) is 0 Å². The molecule has 2 rings (SSSR count). The molecular weight excluding hydrogens is 236 g/mol. The Morgan fingerprint density at radius 2 is 1.74 bits per heavy atom. The van der Waals surface area contributed by atoms with Crippen molar-refractivity contribution in [2.75, 3.05) is 7.11 Å². The Morgan fingerprint density at radius 3 is 2.26 bits per heavy atom. The second-order valence-corrected chi connectivity index (χ2v) is 5.73. The van der Waals surface area contributed by atoms with Crippen LogP contribution >= 0.6 is 0 Å². The number of ether oxygens (including phenoxy) is 1. The Morgan fingerprint density at radius 1 is 1.16 bits per heavy atom. The number of hydrogen-bond acceptors (Lipinski definition) is 2. The van der Waals surface area contributed by atoms with Crippen molar-refractivity contribution in [3.05, 3.63) is 34.9 Å². The fraction of sp³-hybridized carbons (Fsp3) is 0.588. The van der Waals surface area contributed by atoms with Crippen LogP contribution in [-0.2, 0) is 16.0 Å². The van der Waals surface area contributed by atoms with Gasteiger partial charge >= 0.3 is 0 Å². The lowest BCUT2D eigenvalue weighted by Crippen LogP contribution is -2.43. The summed E-state index contributed by atoms with van der Waals surface area (Å²) in [5.74, 6) is 0.257. The van der Waals surface area contributed by atoms with Crippen molar-refractivity contribution in [1.82, 2.24) is 0 Å². The van der Waals surface area contributed by atoms with Crippen molar-refractivity contribution in [3.63, 3.8) is 0 Å². The Hall–Kier alpha value is -1.15. The minimum Gasteiger partial charge on any atom is -0.370 e. The van der Waals surface area contributed by atoms with E-state index in [2.05, 4.69) is 26.0 Å². The number of hydrogen-bond donors (Lipinski definition) is 0. The average molecular weight is 260 g/mol. The Balaban J connectivity index is 2.20. The van der Waals surface area contributed by atoms with Gasteiger partial charge in [0.15, 0.2) is 5.78 Å². The van der Waals surface area contributed by atoms with E-state index in [4.69, 9.17) is 4.74 Å². The van der Waals surface area contributed by atoms with Gasteiger partial charge in [-0.1, -0.05) is 37.5 Å². The highest BCUT2D eigenvalue weighted by Crippen LogP contribution is 2.33. The zero-order chi connectivity index (χ0) is 13.9. The highest BCUT2D eigenvalue weighted by atomic mass is 16.5. The van der Waals surface area contributed by atoms with Crippen molar-refractivity contribution in [3.8, 4) is 0 Å². The first-order chi connectivity index (χ1) is 9.09. The minimum absolute atomic E-state index is 0.257. The third-order valence-corrected chi connectivity index (χ3v) is 4.54. The summed E-state index contributed by atoms with van der Waals surface area (Å²) in [6.45, 7) is 4.16. The molecule has 1 fully saturated rings. The van der Waals surface area contributed by atoms with Gasteiger partial charge < -0.3 is 4.74 Å². The Labute approximate surface area is 116 Å². The van der Waals surface area contributed by atoms with Gasteiger partial charge in [0.05, 0.1) is 0 Å². The molecule has 0 saturated heterocycles. The van der Waals surface area contributed by atoms with Gasteiger partial charge in [-0.2, -0.15) is 0 Å². The average Bonchev–Trinajstić information content (AvgIpc) is 2.43. The number of carbonyl (C=O) groups is 1. The molecule has 0 heterocycles. The summed E-state index contributed by atoms with van der Waals surface area (Å²) >= 11 is 0. The van der Waals surface area contributed by atoms with Gasteiger partial charge in [0.25, 0.3) is 0 Å². The molecule has 1 aliphatic rings. The lowest BCUT2D eigenvalue weighted by atomic mass is 9.79. The second-order valence-electron chi connectivity index (χ2n) is 5.73. The molecule has 0 aromatic heterocycles. The standard InChI is InChI=1S/C17H24O2/c1-13-8-7-9-14(2)15(13)12-16(18)17(19-3)10-5-4-6-11-17/h7-9H,4-6,10-12H2,1-3H3. The first-order valence-corrected chi connectivity index (χ1v) is 7.22. The second kappa shape index (κ2) is 5.87. The van der Waals surface area contributed by atoms with Gasteiger partial charge in [-0.25, -0.2) is 0 Å². The number of methoxy groups -OCH3 is 1. The third kappa shape index (κ3) is 2.89. The van der Waals surface area contributed by atoms with Gasteiger partial charge in [-0.3, -0.25) is 4.79 Å². The van der Waals surface area contributed by atoms with Crippen molar-refractivity contribution < 1.29 is 9.53 Å². The molecule has 0 spiro atoms. The highest BCUT2D eigenvalue weighted by Gasteiger charge is 2.39. The summed E-state index contributed by atoms with van der Waals surface area (Å²) in [6.07, 6.45) is 5.70. The molecule has 0 amide bonds. The molecule has 0 unspecified atom stereocenters. The van der Waals surface area contributed by atoms with E-state index in [1.165, 1.54) is 23.1 Å². The van der Waals surface area contributed by atoms with Gasteiger partial charge in [0, 0.05) is 13.5 Å². The number of Topliss-reactive ketones (excluding diaryl/α,β-unsaturated/α-hetero) is 1. The van der Waals surface area contributed by atoms with Crippen molar-refractivity contribution in [1.29, 1.82) is 0 Å². The van der Waals surface area contributed by atoms with Crippen LogP contribution < -0.4 is 0 Å². The third-order valence-electron chi connectivity index (χ3n) is 4.54. The molecule has 1 aromatic carbocycles. The molecule has 104 valence electrons. The van der Waals surface area contributed by atoms with E-state index in [0.29, 0.717) is 6.42 Å². The smallest absolute Gasteiger partial charge is 0.168 e. The number of aryl methyl sites for hydroxylation is 2. The maximum absolute atomic E-state index is 12.7. The van der Waals surface area contributed by atoms with E-state index >= 15 is 0 Å². The summed E-state index contributed by atoms with van der Waals surface area (Å²) in [5.41, 5.74) is 3.06. The van der Waals surface area contributed by atoms with E-state index in [9.17, 15) is 4.79 Å². The maximum Gasteiger partial charge on any atom is 0.168 e. The van der Waals surface area contributed by atoms with E-state index in [0.717, 1.165) is 25.7 Å². The fourth-order valence-corrected chi connectivity index (χ4v) is 3.17. The minimum atomic E-state index is -0.521. The number of benzene rings is 1. The molecule has 0 atom stereocenters. The SMILES string of the molecule is COC1(C(=O)Cc2c(C)cccc2C)CCCCC1. The summed E-state index contributed by atoms with van der Waals surface area (Å²) < 4.78 is 5.64. The highest BCUT2D eigenvalue weighted by molar-refractivity contribution is 5.89. The largest absolute Gasteiger partial charge is 0.370 e. The molecule has 1 saturated carbocycles. The molecule has 2 nitrogen and oxygen atoms in total. The zero-order valence-corrected chi connectivity index (χ0v) is 12.3. The molecular formula is C17H24O2. The topological polar surface area (TPSA) is 26.3 Å². The van der Waals surface area contributed by atoms with Gasteiger partial charge in [-0.05, 0) is 43.4 Å². The fourth-order valence-electron chi connectivity index (χ4n) is 3.17. The van der Waals surface area contributed by atoms with Crippen LogP contribution in [0.1, 0.15) is 48.8 Å². The van der Waals surface area contributed by atoms with E-state index in [-0.39, 0.29) is 5.78 Å². The summed E-state index contributed by atoms with van der Waals surface area (Å²) in [6, 6.07) is 6.21. The van der Waals surface area contributed by atoms with Crippen LogP contribution in [0, 0.1) is 13.8 Å². The Kier molecular flexibility index (Phi) is 4.41. The number of carbonyl (C=O) groups excluding carboxylic acids is 1. The van der Waals surface area contributed by atoms with Crippen LogP contribution in [0.15, 0.2) is 18.2 Å². The predicted molar refractivity (Wildman–Crippen MR) is 77.5 cm³/mol. The summed E-state index contributed by atoms with van der Waals surface area (Å²) in [7, 11) is 1.69. The quantitative estimate of drug-likeness (QED) is 0.824. The zero-order valence-electron chi connectivity index (χ0n) is 12.3. The van der Waals surface area contributed by atoms with Gasteiger partial charge in [-0.15, -0.1) is 0 Å². The van der Waals surface area contributed by atoms with Crippen molar-refractivity contribution >= 4 is 5.78 Å². The number of rotatable bonds is 4. The van der Waals surface area contributed by atoms with Crippen LogP contribution in [-0.4, -0.2) is 18.5 Å². The molecule has 0 aliphatic heterocycles. The van der Waals surface area contributed by atoms with Crippen LogP contribution in [0.25, 0.3) is 0 Å². The monoisotopic (exact) mass is 260 g/mol. The molecule has 1 aliphatic carbocycles. The molecule has 0 radical (unpaired) electrons. The predicted octanol–water partition coefficient (Wildman–Crippen LogP) is 3.76. The van der Waals surface area contributed by atoms with Gasteiger partial charge in [0.2, 0.25) is 0 Å². The lowest BCUT2D eigenvalue weighted by Gasteiger charge is -2.34. The first kappa shape index (κ1) is 14.3. The maximum atomic E-state index is 12.7. The van der Waals surface area contributed by atoms with E-state index in [1.54, 1.807) is 7.11 Å². The normalized spacial score (nSPS) is 18.3. The molecule has 2 heteroatoms. The van der Waals surface area contributed by atoms with Crippen molar-refractivity contribution in [2.45, 2.75) is 58.0 Å². The molecule has 0 bridgehead atoms. The first-order valence-electron chi connectivity index (χ1n) is 7.22. The van der Waals surface area contributed by atoms with Crippen LogP contribution in [0.4, 0.5) is 0 Å². The van der Waals surface area contributed by atoms with Gasteiger partial charge in [0.1, 0.15) is 5.60 Å². The molecule has 0 N–H and O–H groups in total. The molecule has 1 aromatic rings. The van der Waals surface area contributed by atoms with Crippen molar-refractivity contribution in [2.24, 2.45) is 0 Å². The van der Waals surface area contributed by atoms with Crippen LogP contribution in [0.5, 0.6) is 0 Å². The van der Waals surface area contributed by atoms with Crippen LogP contribution in [0.3, 0.4) is 0 Å². The summed E-state index contributed by atoms with van der Waals surface area (Å²) in [4.78, 5) is 12.7. The molecule has 19 heavy (non-hydrogen) atoms. The Bertz CT molecular complexity index is 436. The number of ketones is 1. The van der Waals surface area contributed by atoms with E-state index < -0.39 is 5.60 Å².